The van der Waals surface area contributed by atoms with Crippen LogP contribution >= 0.6 is 11.8 Å². The van der Waals surface area contributed by atoms with Crippen molar-refractivity contribution in [2.75, 3.05) is 5.32 Å². The molecule has 1 aromatic rings. The van der Waals surface area contributed by atoms with Crippen LogP contribution in [-0.4, -0.2) is 22.6 Å². The fourth-order valence-corrected chi connectivity index (χ4v) is 3.19. The molecule has 0 radical (unpaired) electrons. The van der Waals surface area contributed by atoms with Crippen molar-refractivity contribution in [3.63, 3.8) is 0 Å². The number of carbonyl (C=O) groups is 2. The van der Waals surface area contributed by atoms with Gasteiger partial charge in [-0.15, -0.1) is 11.8 Å². The molecular weight excluding hydrogens is 329 g/mol. The Kier molecular flexibility index (Phi) is 4.66. The number of anilines is 1. The topological polar surface area (TPSA) is 58.2 Å². The maximum atomic E-state index is 12.7. The van der Waals surface area contributed by atoms with Gasteiger partial charge in [0, 0.05) is 16.9 Å². The van der Waals surface area contributed by atoms with Crippen molar-refractivity contribution in [3.05, 3.63) is 23.8 Å². The maximum absolute atomic E-state index is 12.7. The number of hydrogen-bond acceptors (Lipinski definition) is 3. The average molecular weight is 346 g/mol. The Balaban J connectivity index is 2.12. The fraction of sp³-hybridized carbons (Fsp3) is 0.467. The van der Waals surface area contributed by atoms with E-state index < -0.39 is 28.4 Å². The first-order chi connectivity index (χ1) is 10.5. The van der Waals surface area contributed by atoms with Crippen LogP contribution in [0.15, 0.2) is 23.1 Å². The molecule has 2 amide bonds. The van der Waals surface area contributed by atoms with E-state index in [2.05, 4.69) is 10.6 Å². The normalized spacial score (nSPS) is 18.2. The standard InChI is InChI=1S/C15H17F3N2O2S/c1-14(2,3)20-12(21)7-11-13(22)19-9-6-8(15(16,17)18)4-5-10(9)23-11/h4-6,11H,7H2,1-3H3,(H,19,22)(H,20,21)/t11-/m1/s1. The minimum Gasteiger partial charge on any atom is -0.351 e. The summed E-state index contributed by atoms with van der Waals surface area (Å²) in [5.74, 6) is -0.744. The van der Waals surface area contributed by atoms with E-state index in [1.165, 1.54) is 6.07 Å². The summed E-state index contributed by atoms with van der Waals surface area (Å²) in [6.07, 6.45) is -4.50. The number of benzene rings is 1. The van der Waals surface area contributed by atoms with E-state index in [4.69, 9.17) is 0 Å². The number of amides is 2. The van der Waals surface area contributed by atoms with Crippen molar-refractivity contribution >= 4 is 29.3 Å². The highest BCUT2D eigenvalue weighted by Gasteiger charge is 2.34. The molecule has 0 spiro atoms. The molecule has 1 aromatic carbocycles. The molecule has 0 fully saturated rings. The van der Waals surface area contributed by atoms with E-state index in [1.807, 2.05) is 20.8 Å². The van der Waals surface area contributed by atoms with E-state index in [0.29, 0.717) is 4.90 Å². The summed E-state index contributed by atoms with van der Waals surface area (Å²) in [5.41, 5.74) is -1.10. The van der Waals surface area contributed by atoms with Crippen molar-refractivity contribution < 1.29 is 22.8 Å². The van der Waals surface area contributed by atoms with Gasteiger partial charge in [0.15, 0.2) is 0 Å². The Morgan fingerprint density at radius 1 is 1.30 bits per heavy atom. The summed E-state index contributed by atoms with van der Waals surface area (Å²) in [7, 11) is 0. The molecule has 126 valence electrons. The van der Waals surface area contributed by atoms with Gasteiger partial charge in [-0.05, 0) is 39.0 Å². The lowest BCUT2D eigenvalue weighted by atomic mass is 10.1. The van der Waals surface area contributed by atoms with Crippen LogP contribution in [0.3, 0.4) is 0 Å². The summed E-state index contributed by atoms with van der Waals surface area (Å²) in [4.78, 5) is 24.5. The van der Waals surface area contributed by atoms with Crippen LogP contribution in [0.1, 0.15) is 32.8 Å². The smallest absolute Gasteiger partial charge is 0.351 e. The average Bonchev–Trinajstić information content (AvgIpc) is 2.35. The van der Waals surface area contributed by atoms with Crippen molar-refractivity contribution in [1.82, 2.24) is 5.32 Å². The highest BCUT2D eigenvalue weighted by atomic mass is 32.2. The van der Waals surface area contributed by atoms with Crippen molar-refractivity contribution in [2.45, 2.75) is 49.1 Å². The van der Waals surface area contributed by atoms with E-state index in [9.17, 15) is 22.8 Å². The minimum atomic E-state index is -4.46. The number of thioether (sulfide) groups is 1. The van der Waals surface area contributed by atoms with Gasteiger partial charge in [-0.25, -0.2) is 0 Å². The van der Waals surface area contributed by atoms with Gasteiger partial charge in [0.2, 0.25) is 11.8 Å². The van der Waals surface area contributed by atoms with Gasteiger partial charge in [-0.3, -0.25) is 9.59 Å². The molecule has 1 aliphatic heterocycles. The zero-order chi connectivity index (χ0) is 17.4. The van der Waals surface area contributed by atoms with Crippen LogP contribution in [-0.2, 0) is 15.8 Å². The van der Waals surface area contributed by atoms with Crippen molar-refractivity contribution in [2.24, 2.45) is 0 Å². The van der Waals surface area contributed by atoms with Crippen LogP contribution in [0, 0.1) is 0 Å². The van der Waals surface area contributed by atoms with Gasteiger partial charge >= 0.3 is 6.18 Å². The molecule has 0 aromatic heterocycles. The lowest BCUT2D eigenvalue weighted by Gasteiger charge is -2.26. The number of hydrogen-bond donors (Lipinski definition) is 2. The number of halogens is 3. The Hall–Kier alpha value is -1.70. The number of alkyl halides is 3. The first-order valence-electron chi connectivity index (χ1n) is 6.95. The molecule has 23 heavy (non-hydrogen) atoms. The van der Waals surface area contributed by atoms with E-state index >= 15 is 0 Å². The molecule has 2 N–H and O–H groups in total. The Morgan fingerprint density at radius 3 is 2.52 bits per heavy atom. The quantitative estimate of drug-likeness (QED) is 0.863. The predicted octanol–water partition coefficient (Wildman–Crippen LogP) is 3.42. The Labute approximate surface area is 136 Å². The Morgan fingerprint density at radius 2 is 1.96 bits per heavy atom. The first kappa shape index (κ1) is 17.7. The largest absolute Gasteiger partial charge is 0.416 e. The lowest BCUT2D eigenvalue weighted by molar-refractivity contribution is -0.137. The van der Waals surface area contributed by atoms with E-state index in [1.54, 1.807) is 0 Å². The number of rotatable bonds is 2. The van der Waals surface area contributed by atoms with E-state index in [-0.39, 0.29) is 18.0 Å². The third-order valence-electron chi connectivity index (χ3n) is 3.01. The molecule has 2 rings (SSSR count). The highest BCUT2D eigenvalue weighted by Crippen LogP contribution is 2.40. The number of nitrogens with one attached hydrogen (secondary N) is 2. The molecule has 1 heterocycles. The first-order valence-corrected chi connectivity index (χ1v) is 7.83. The third kappa shape index (κ3) is 4.63. The molecular formula is C15H17F3N2O2S. The van der Waals surface area contributed by atoms with Crippen LogP contribution in [0.25, 0.3) is 0 Å². The second-order valence-corrected chi connectivity index (χ2v) is 7.55. The van der Waals surface area contributed by atoms with Crippen LogP contribution in [0.2, 0.25) is 0 Å². The van der Waals surface area contributed by atoms with Crippen molar-refractivity contribution in [1.29, 1.82) is 0 Å². The fourth-order valence-electron chi connectivity index (χ4n) is 2.10. The zero-order valence-corrected chi connectivity index (χ0v) is 13.7. The second-order valence-electron chi connectivity index (χ2n) is 6.31. The highest BCUT2D eigenvalue weighted by molar-refractivity contribution is 8.01. The van der Waals surface area contributed by atoms with Gasteiger partial charge in [0.1, 0.15) is 0 Å². The Bertz CT molecular complexity index is 639. The monoisotopic (exact) mass is 346 g/mol. The summed E-state index contributed by atoms with van der Waals surface area (Å²) in [6.45, 7) is 5.48. The van der Waals surface area contributed by atoms with Crippen LogP contribution in [0.5, 0.6) is 0 Å². The molecule has 4 nitrogen and oxygen atoms in total. The molecule has 0 unspecified atom stereocenters. The summed E-state index contributed by atoms with van der Waals surface area (Å²) in [5, 5.41) is 4.54. The zero-order valence-electron chi connectivity index (χ0n) is 12.9. The lowest BCUT2D eigenvalue weighted by Crippen LogP contribution is -2.43. The van der Waals surface area contributed by atoms with Crippen molar-refractivity contribution in [3.8, 4) is 0 Å². The van der Waals surface area contributed by atoms with Gasteiger partial charge in [-0.2, -0.15) is 13.2 Å². The van der Waals surface area contributed by atoms with Gasteiger partial charge in [0.25, 0.3) is 0 Å². The van der Waals surface area contributed by atoms with Crippen LogP contribution < -0.4 is 10.6 Å². The third-order valence-corrected chi connectivity index (χ3v) is 4.29. The van der Waals surface area contributed by atoms with Crippen LogP contribution in [0.4, 0.5) is 18.9 Å². The minimum absolute atomic E-state index is 0.0335. The molecule has 0 aliphatic carbocycles. The predicted molar refractivity (Wildman–Crippen MR) is 82.2 cm³/mol. The second kappa shape index (κ2) is 6.07. The molecule has 0 saturated heterocycles. The molecule has 0 saturated carbocycles. The van der Waals surface area contributed by atoms with Gasteiger partial charge in [-0.1, -0.05) is 0 Å². The molecule has 0 bridgehead atoms. The van der Waals surface area contributed by atoms with Gasteiger partial charge < -0.3 is 10.6 Å². The summed E-state index contributed by atoms with van der Waals surface area (Å²) in [6, 6.07) is 3.19. The number of carbonyl (C=O) groups excluding carboxylic acids is 2. The van der Waals surface area contributed by atoms with Gasteiger partial charge in [0.05, 0.1) is 16.5 Å². The molecule has 8 heteroatoms. The summed E-state index contributed by atoms with van der Waals surface area (Å²) < 4.78 is 38.1. The van der Waals surface area contributed by atoms with E-state index in [0.717, 1.165) is 23.9 Å². The SMILES string of the molecule is CC(C)(C)NC(=O)C[C@H]1Sc2ccc(C(F)(F)F)cc2NC1=O. The maximum Gasteiger partial charge on any atom is 0.416 e. The molecule has 1 aliphatic rings. The summed E-state index contributed by atoms with van der Waals surface area (Å²) >= 11 is 1.10. The molecule has 1 atom stereocenters. The number of fused-ring (bicyclic) bond motifs is 1.